The summed E-state index contributed by atoms with van der Waals surface area (Å²) in [5.74, 6) is 0.913. The summed E-state index contributed by atoms with van der Waals surface area (Å²) in [7, 11) is -3.98. The zero-order chi connectivity index (χ0) is 24.7. The Labute approximate surface area is 219 Å². The SMILES string of the molecule is Cc1ccccc1N(CC(=O)NCCSCc1ccc(Cl)cc1Cl)S(=O)(=O)c1ccc(Cl)cc1. The number of carbonyl (C=O) groups excluding carboxylic acids is 1. The number of sulfonamides is 1. The zero-order valence-corrected chi connectivity index (χ0v) is 22.2. The average molecular weight is 558 g/mol. The first-order valence-electron chi connectivity index (χ1n) is 10.3. The molecule has 0 radical (unpaired) electrons. The first-order chi connectivity index (χ1) is 16.2. The van der Waals surface area contributed by atoms with Crippen molar-refractivity contribution < 1.29 is 13.2 Å². The summed E-state index contributed by atoms with van der Waals surface area (Å²) < 4.78 is 27.9. The van der Waals surface area contributed by atoms with Crippen molar-refractivity contribution in [3.8, 4) is 0 Å². The van der Waals surface area contributed by atoms with Crippen molar-refractivity contribution in [3.05, 3.63) is 92.9 Å². The van der Waals surface area contributed by atoms with E-state index in [1.807, 2.05) is 12.1 Å². The fraction of sp³-hybridized carbons (Fsp3) is 0.208. The van der Waals surface area contributed by atoms with Crippen molar-refractivity contribution in [1.82, 2.24) is 5.32 Å². The number of nitrogens with zero attached hydrogens (tertiary/aromatic N) is 1. The average Bonchev–Trinajstić information content (AvgIpc) is 2.79. The molecule has 0 heterocycles. The number of hydrogen-bond donors (Lipinski definition) is 1. The summed E-state index contributed by atoms with van der Waals surface area (Å²) in [6.45, 7) is 1.84. The summed E-state index contributed by atoms with van der Waals surface area (Å²) in [5.41, 5.74) is 2.14. The van der Waals surface area contributed by atoms with E-state index in [0.717, 1.165) is 15.4 Å². The van der Waals surface area contributed by atoms with Crippen molar-refractivity contribution in [2.24, 2.45) is 0 Å². The fourth-order valence-corrected chi connectivity index (χ4v) is 6.17. The van der Waals surface area contributed by atoms with Gasteiger partial charge in [0.15, 0.2) is 0 Å². The molecule has 0 saturated heterocycles. The molecular weight excluding hydrogens is 535 g/mol. The molecule has 5 nitrogen and oxygen atoms in total. The highest BCUT2D eigenvalue weighted by atomic mass is 35.5. The molecule has 0 unspecified atom stereocenters. The van der Waals surface area contributed by atoms with E-state index >= 15 is 0 Å². The second-order valence-electron chi connectivity index (χ2n) is 7.39. The molecule has 3 aromatic carbocycles. The lowest BCUT2D eigenvalue weighted by Crippen LogP contribution is -2.41. The predicted molar refractivity (Wildman–Crippen MR) is 143 cm³/mol. The van der Waals surface area contributed by atoms with Gasteiger partial charge in [0, 0.05) is 33.1 Å². The third-order valence-corrected chi connectivity index (χ3v) is 8.54. The molecule has 10 heteroatoms. The smallest absolute Gasteiger partial charge is 0.264 e. The molecule has 34 heavy (non-hydrogen) atoms. The van der Waals surface area contributed by atoms with E-state index in [2.05, 4.69) is 5.32 Å². The second kappa shape index (κ2) is 12.2. The molecule has 180 valence electrons. The highest BCUT2D eigenvalue weighted by Crippen LogP contribution is 2.27. The molecule has 0 bridgehead atoms. The molecule has 0 aliphatic carbocycles. The lowest BCUT2D eigenvalue weighted by molar-refractivity contribution is -0.119. The van der Waals surface area contributed by atoms with Gasteiger partial charge in [-0.3, -0.25) is 9.10 Å². The number of para-hydroxylation sites is 1. The minimum Gasteiger partial charge on any atom is -0.354 e. The van der Waals surface area contributed by atoms with Gasteiger partial charge in [-0.15, -0.1) is 0 Å². The maximum atomic E-state index is 13.4. The quantitative estimate of drug-likeness (QED) is 0.301. The molecule has 1 amide bonds. The van der Waals surface area contributed by atoms with Gasteiger partial charge < -0.3 is 5.32 Å². The largest absolute Gasteiger partial charge is 0.354 e. The van der Waals surface area contributed by atoms with Gasteiger partial charge in [0.1, 0.15) is 6.54 Å². The number of rotatable bonds is 10. The van der Waals surface area contributed by atoms with Crippen LogP contribution in [0.2, 0.25) is 15.1 Å². The molecule has 3 aromatic rings. The molecule has 0 aromatic heterocycles. The number of aryl methyl sites for hydroxylation is 1. The van der Waals surface area contributed by atoms with Crippen molar-refractivity contribution in [2.45, 2.75) is 17.6 Å². The summed E-state index contributed by atoms with van der Waals surface area (Å²) >= 11 is 19.6. The van der Waals surface area contributed by atoms with E-state index in [4.69, 9.17) is 34.8 Å². The standard InChI is InChI=1S/C24H23Cl3N2O3S2/c1-17-4-2-3-5-23(17)29(34(31,32)21-10-8-19(25)9-11-21)15-24(30)28-12-13-33-16-18-6-7-20(26)14-22(18)27/h2-11,14H,12-13,15-16H2,1H3,(H,28,30). The third-order valence-electron chi connectivity index (χ3n) is 4.91. The second-order valence-corrected chi connectivity index (χ2v) is 11.6. The monoisotopic (exact) mass is 556 g/mol. The number of hydrogen-bond acceptors (Lipinski definition) is 4. The number of nitrogens with one attached hydrogen (secondary N) is 1. The number of amides is 1. The van der Waals surface area contributed by atoms with Crippen LogP contribution in [0.3, 0.4) is 0 Å². The Morgan fingerprint density at radius 3 is 2.32 bits per heavy atom. The van der Waals surface area contributed by atoms with E-state index in [9.17, 15) is 13.2 Å². The Morgan fingerprint density at radius 1 is 0.971 bits per heavy atom. The molecular formula is C24H23Cl3N2O3S2. The first-order valence-corrected chi connectivity index (χ1v) is 14.0. The first kappa shape index (κ1) is 26.7. The van der Waals surface area contributed by atoms with Crippen molar-refractivity contribution in [2.75, 3.05) is 23.1 Å². The predicted octanol–water partition coefficient (Wildman–Crippen LogP) is 6.20. The van der Waals surface area contributed by atoms with Crippen molar-refractivity contribution in [1.29, 1.82) is 0 Å². The number of halogens is 3. The van der Waals surface area contributed by atoms with E-state index in [0.29, 0.717) is 38.8 Å². The topological polar surface area (TPSA) is 66.5 Å². The summed E-state index contributed by atoms with van der Waals surface area (Å²) in [6, 6.07) is 18.3. The Balaban J connectivity index is 1.65. The highest BCUT2D eigenvalue weighted by Gasteiger charge is 2.28. The van der Waals surface area contributed by atoms with Crippen LogP contribution in [0.5, 0.6) is 0 Å². The van der Waals surface area contributed by atoms with Gasteiger partial charge in [0.05, 0.1) is 10.6 Å². The molecule has 0 saturated carbocycles. The summed E-state index contributed by atoms with van der Waals surface area (Å²) in [5, 5.41) is 4.41. The highest BCUT2D eigenvalue weighted by molar-refractivity contribution is 7.98. The lowest BCUT2D eigenvalue weighted by Gasteiger charge is -2.25. The van der Waals surface area contributed by atoms with E-state index < -0.39 is 15.9 Å². The third kappa shape index (κ3) is 7.06. The normalized spacial score (nSPS) is 11.3. The van der Waals surface area contributed by atoms with E-state index in [-0.39, 0.29) is 11.4 Å². The zero-order valence-electron chi connectivity index (χ0n) is 18.3. The van der Waals surface area contributed by atoms with Gasteiger partial charge in [0.25, 0.3) is 10.0 Å². The molecule has 0 fully saturated rings. The van der Waals surface area contributed by atoms with Crippen LogP contribution < -0.4 is 9.62 Å². The minimum absolute atomic E-state index is 0.0587. The molecule has 0 spiro atoms. The van der Waals surface area contributed by atoms with Gasteiger partial charge in [-0.05, 0) is 60.5 Å². The van der Waals surface area contributed by atoms with Crippen molar-refractivity contribution >= 4 is 68.2 Å². The van der Waals surface area contributed by atoms with Crippen LogP contribution in [0, 0.1) is 6.92 Å². The van der Waals surface area contributed by atoms with Gasteiger partial charge in [0.2, 0.25) is 5.91 Å². The van der Waals surface area contributed by atoms with Crippen LogP contribution in [0.4, 0.5) is 5.69 Å². The molecule has 0 aliphatic rings. The molecule has 3 rings (SSSR count). The number of thioether (sulfide) groups is 1. The Morgan fingerprint density at radius 2 is 1.65 bits per heavy atom. The Hall–Kier alpha value is -1.90. The summed E-state index contributed by atoms with van der Waals surface area (Å²) in [6.07, 6.45) is 0. The van der Waals surface area contributed by atoms with Crippen LogP contribution in [-0.2, 0) is 20.6 Å². The Kier molecular flexibility index (Phi) is 9.56. The van der Waals surface area contributed by atoms with Crippen LogP contribution in [0.15, 0.2) is 71.6 Å². The number of anilines is 1. The van der Waals surface area contributed by atoms with Crippen LogP contribution in [-0.4, -0.2) is 33.2 Å². The van der Waals surface area contributed by atoms with Crippen LogP contribution in [0.25, 0.3) is 0 Å². The van der Waals surface area contributed by atoms with Gasteiger partial charge in [-0.1, -0.05) is 59.1 Å². The van der Waals surface area contributed by atoms with Crippen LogP contribution >= 0.6 is 46.6 Å². The van der Waals surface area contributed by atoms with Gasteiger partial charge >= 0.3 is 0 Å². The van der Waals surface area contributed by atoms with E-state index in [1.165, 1.54) is 24.3 Å². The number of benzene rings is 3. The molecule has 0 atom stereocenters. The molecule has 0 aliphatic heterocycles. The molecule has 1 N–H and O–H groups in total. The number of carbonyl (C=O) groups is 1. The van der Waals surface area contributed by atoms with Gasteiger partial charge in [-0.2, -0.15) is 11.8 Å². The van der Waals surface area contributed by atoms with Gasteiger partial charge in [-0.25, -0.2) is 8.42 Å². The van der Waals surface area contributed by atoms with E-state index in [1.54, 1.807) is 49.0 Å². The lowest BCUT2D eigenvalue weighted by atomic mass is 10.2. The summed E-state index contributed by atoms with van der Waals surface area (Å²) in [4.78, 5) is 12.8. The maximum absolute atomic E-state index is 13.4. The minimum atomic E-state index is -3.98. The van der Waals surface area contributed by atoms with Crippen molar-refractivity contribution in [3.63, 3.8) is 0 Å². The maximum Gasteiger partial charge on any atom is 0.264 e. The fourth-order valence-electron chi connectivity index (χ4n) is 3.15. The van der Waals surface area contributed by atoms with Crippen LogP contribution in [0.1, 0.15) is 11.1 Å². The Bertz CT molecular complexity index is 1250.